The molecular weight excluding hydrogens is 362 g/mol. The number of carbonyl (C=O) groups excluding carboxylic acids is 3. The molecule has 0 fully saturated rings. The largest absolute Gasteiger partial charge is 2.00 e. The van der Waals surface area contributed by atoms with Crippen LogP contribution in [-0.2, 0) is 23.9 Å². The van der Waals surface area contributed by atoms with Gasteiger partial charge in [0.2, 0.25) is 0 Å². The third-order valence-corrected chi connectivity index (χ3v) is 2.89. The molecular formula is C15H26MgNO9+. The SMILES string of the molecule is CC(=O)OC(CC(=O)O)C[N+](C)(C)C.CCC(O)(CC(=O)[O-])C(=O)[O-].[Mg+2]. The molecule has 0 saturated heterocycles. The zero-order valence-corrected chi connectivity index (χ0v) is 17.2. The summed E-state index contributed by atoms with van der Waals surface area (Å²) in [6.45, 7) is 3.12. The minimum absolute atomic E-state index is 0. The quantitative estimate of drug-likeness (QED) is 0.234. The molecule has 10 nitrogen and oxygen atoms in total. The maximum Gasteiger partial charge on any atom is 2.00 e. The van der Waals surface area contributed by atoms with Crippen molar-refractivity contribution in [2.75, 3.05) is 27.7 Å². The smallest absolute Gasteiger partial charge is 0.550 e. The summed E-state index contributed by atoms with van der Waals surface area (Å²) in [4.78, 5) is 41.2. The van der Waals surface area contributed by atoms with Gasteiger partial charge in [0.25, 0.3) is 0 Å². The van der Waals surface area contributed by atoms with Crippen LogP contribution in [0, 0.1) is 0 Å². The van der Waals surface area contributed by atoms with Crippen LogP contribution in [0.1, 0.15) is 33.1 Å². The molecule has 0 aromatic carbocycles. The average molecular weight is 389 g/mol. The molecule has 0 amide bonds. The molecule has 2 unspecified atom stereocenters. The molecule has 0 bridgehead atoms. The van der Waals surface area contributed by atoms with Gasteiger partial charge in [0.1, 0.15) is 12.1 Å². The number of rotatable bonds is 9. The summed E-state index contributed by atoms with van der Waals surface area (Å²) in [5.74, 6) is -4.79. The van der Waals surface area contributed by atoms with Crippen molar-refractivity contribution in [1.29, 1.82) is 0 Å². The first-order valence-electron chi connectivity index (χ1n) is 7.46. The van der Waals surface area contributed by atoms with Gasteiger partial charge < -0.3 is 39.2 Å². The van der Waals surface area contributed by atoms with Crippen LogP contribution in [0.4, 0.5) is 0 Å². The first-order valence-corrected chi connectivity index (χ1v) is 7.46. The van der Waals surface area contributed by atoms with Crippen LogP contribution in [-0.4, -0.2) is 101 Å². The van der Waals surface area contributed by atoms with E-state index in [1.54, 1.807) is 0 Å². The van der Waals surface area contributed by atoms with E-state index in [4.69, 9.17) is 14.9 Å². The third-order valence-electron chi connectivity index (χ3n) is 2.89. The number of carbonyl (C=O) groups is 4. The number of carboxylic acids is 3. The molecule has 11 heteroatoms. The Morgan fingerprint density at radius 1 is 1.15 bits per heavy atom. The van der Waals surface area contributed by atoms with Crippen molar-refractivity contribution in [3.05, 3.63) is 0 Å². The van der Waals surface area contributed by atoms with Gasteiger partial charge in [-0.1, -0.05) is 6.92 Å². The standard InChI is InChI=1S/C9H17NO4.C6H10O5.Mg/c1-7(11)14-8(5-9(12)13)6-10(2,3)4;1-2-6(11,5(9)10)3-4(7)8;/h8H,5-6H2,1-4H3;11H,2-3H2,1H3,(H,7,8)(H,9,10);/q;;+2/p-1. The second kappa shape index (κ2) is 12.8. The van der Waals surface area contributed by atoms with Gasteiger partial charge in [0.05, 0.1) is 33.5 Å². The van der Waals surface area contributed by atoms with E-state index in [9.17, 15) is 29.4 Å². The third kappa shape index (κ3) is 16.1. The Morgan fingerprint density at radius 2 is 1.62 bits per heavy atom. The molecule has 0 aliphatic heterocycles. The number of hydrogen-bond acceptors (Lipinski definition) is 8. The summed E-state index contributed by atoms with van der Waals surface area (Å²) < 4.78 is 5.46. The van der Waals surface area contributed by atoms with Crippen LogP contribution in [0.5, 0.6) is 0 Å². The van der Waals surface area contributed by atoms with Crippen molar-refractivity contribution in [3.63, 3.8) is 0 Å². The maximum atomic E-state index is 10.7. The molecule has 0 rings (SSSR count). The molecule has 0 spiro atoms. The molecule has 26 heavy (non-hydrogen) atoms. The van der Waals surface area contributed by atoms with Gasteiger partial charge in [-0.15, -0.1) is 0 Å². The molecule has 2 atom stereocenters. The van der Waals surface area contributed by atoms with Gasteiger partial charge in [0.15, 0.2) is 6.10 Å². The van der Waals surface area contributed by atoms with E-state index in [0.29, 0.717) is 11.0 Å². The van der Waals surface area contributed by atoms with Crippen molar-refractivity contribution < 1.29 is 48.8 Å². The summed E-state index contributed by atoms with van der Waals surface area (Å²) in [5.41, 5.74) is -2.29. The fraction of sp³-hybridized carbons (Fsp3) is 0.733. The Hall–Kier alpha value is -1.43. The molecule has 0 aromatic rings. The van der Waals surface area contributed by atoms with Crippen LogP contribution in [0.2, 0.25) is 0 Å². The van der Waals surface area contributed by atoms with Gasteiger partial charge in [-0.2, -0.15) is 0 Å². The molecule has 2 N–H and O–H groups in total. The van der Waals surface area contributed by atoms with E-state index >= 15 is 0 Å². The van der Waals surface area contributed by atoms with Crippen molar-refractivity contribution in [3.8, 4) is 0 Å². The number of hydrogen-bond donors (Lipinski definition) is 2. The monoisotopic (exact) mass is 388 g/mol. The van der Waals surface area contributed by atoms with Gasteiger partial charge >= 0.3 is 35.0 Å². The van der Waals surface area contributed by atoms with Crippen LogP contribution in [0.15, 0.2) is 0 Å². The number of aliphatic hydroxyl groups is 1. The summed E-state index contributed by atoms with van der Waals surface area (Å²) in [7, 11) is 5.75. The van der Waals surface area contributed by atoms with Gasteiger partial charge in [-0.05, 0) is 6.42 Å². The van der Waals surface area contributed by atoms with E-state index in [-0.39, 0.29) is 35.9 Å². The molecule has 0 aliphatic carbocycles. The van der Waals surface area contributed by atoms with Gasteiger partial charge in [-0.25, -0.2) is 0 Å². The zero-order chi connectivity index (χ0) is 20.4. The van der Waals surface area contributed by atoms with E-state index in [1.165, 1.54) is 13.8 Å². The summed E-state index contributed by atoms with van der Waals surface area (Å²) >= 11 is 0. The molecule has 146 valence electrons. The van der Waals surface area contributed by atoms with Crippen LogP contribution < -0.4 is 10.2 Å². The van der Waals surface area contributed by atoms with E-state index < -0.39 is 42.0 Å². The first kappa shape index (κ1) is 29.3. The van der Waals surface area contributed by atoms with Crippen molar-refractivity contribution in [2.24, 2.45) is 0 Å². The Labute approximate surface area is 168 Å². The van der Waals surface area contributed by atoms with Gasteiger partial charge in [-0.3, -0.25) is 9.59 Å². The fourth-order valence-electron chi connectivity index (χ4n) is 1.76. The Morgan fingerprint density at radius 3 is 1.81 bits per heavy atom. The second-order valence-electron chi connectivity index (χ2n) is 6.52. The van der Waals surface area contributed by atoms with Crippen molar-refractivity contribution in [2.45, 2.75) is 44.8 Å². The van der Waals surface area contributed by atoms with Crippen LogP contribution in [0.25, 0.3) is 0 Å². The van der Waals surface area contributed by atoms with Gasteiger partial charge in [0, 0.05) is 19.3 Å². The predicted octanol–water partition coefficient (Wildman–Crippen LogP) is -3.26. The Balaban J connectivity index is -0.000000402. The number of esters is 1. The van der Waals surface area contributed by atoms with Crippen molar-refractivity contribution in [1.82, 2.24) is 0 Å². The van der Waals surface area contributed by atoms with E-state index in [2.05, 4.69) is 0 Å². The van der Waals surface area contributed by atoms with Crippen LogP contribution in [0.3, 0.4) is 0 Å². The minimum Gasteiger partial charge on any atom is -0.550 e. The van der Waals surface area contributed by atoms with E-state index in [0.717, 1.165) is 0 Å². The number of quaternary nitrogens is 1. The number of nitrogens with zero attached hydrogens (tertiary/aromatic N) is 1. The minimum atomic E-state index is -2.29. The predicted molar refractivity (Wildman–Crippen MR) is 86.3 cm³/mol. The maximum absolute atomic E-state index is 10.7. The average Bonchev–Trinajstić information content (AvgIpc) is 2.34. The number of ether oxygens (including phenoxy) is 1. The second-order valence-corrected chi connectivity index (χ2v) is 6.52. The number of carboxylic acid groups (broad SMARTS) is 3. The van der Waals surface area contributed by atoms with E-state index in [1.807, 2.05) is 21.1 Å². The summed E-state index contributed by atoms with van der Waals surface area (Å²) in [6, 6.07) is 0. The molecule has 0 saturated carbocycles. The molecule has 0 aromatic heterocycles. The summed E-state index contributed by atoms with van der Waals surface area (Å²) in [5, 5.41) is 37.6. The number of aliphatic carboxylic acids is 3. The molecule has 0 heterocycles. The normalized spacial score (nSPS) is 13.8. The molecule has 0 aliphatic rings. The topological polar surface area (TPSA) is 164 Å². The van der Waals surface area contributed by atoms with Crippen molar-refractivity contribution >= 4 is 46.9 Å². The van der Waals surface area contributed by atoms with Crippen LogP contribution >= 0.6 is 0 Å². The number of likely N-dealkylation sites (N-methyl/N-ethyl adjacent to an activating group) is 1. The summed E-state index contributed by atoms with van der Waals surface area (Å²) in [6.07, 6.45) is -1.85. The molecule has 0 radical (unpaired) electrons. The first-order chi connectivity index (χ1) is 11.1. The zero-order valence-electron chi connectivity index (χ0n) is 15.8. The fourth-order valence-corrected chi connectivity index (χ4v) is 1.76. The Bertz CT molecular complexity index is 474. The Kier molecular flexibility index (Phi) is 14.5.